The van der Waals surface area contributed by atoms with Crippen molar-refractivity contribution in [3.05, 3.63) is 0 Å². The summed E-state index contributed by atoms with van der Waals surface area (Å²) < 4.78 is 0. The number of rotatable bonds is 0. The summed E-state index contributed by atoms with van der Waals surface area (Å²) in [5, 5.41) is 8.63. The van der Waals surface area contributed by atoms with E-state index in [1.165, 1.54) is 5.40 Å². The van der Waals surface area contributed by atoms with Gasteiger partial charge in [0.15, 0.2) is 0 Å². The standard InChI is InChI=1S/CHNS.3K.3H/c2-1-3;;;;;;/h3H;;;;;;. The molecule has 22 valence electrons. The summed E-state index contributed by atoms with van der Waals surface area (Å²) in [5.41, 5.74) is 0. The zero-order valence-electron chi connectivity index (χ0n) is 1.39. The van der Waals surface area contributed by atoms with Crippen molar-refractivity contribution in [2.45, 2.75) is 0 Å². The molecule has 0 heterocycles. The van der Waals surface area contributed by atoms with Gasteiger partial charge in [-0.05, 0) is 0 Å². The third-order valence-electron chi connectivity index (χ3n) is 0. The van der Waals surface area contributed by atoms with Crippen molar-refractivity contribution in [2.75, 3.05) is 0 Å². The van der Waals surface area contributed by atoms with Crippen LogP contribution in [0.4, 0.5) is 0 Å². The summed E-state index contributed by atoms with van der Waals surface area (Å²) in [4.78, 5) is 0. The monoisotopic (exact) mass is 179 g/mol. The number of nitriles is 1. The molecule has 0 saturated heterocycles. The van der Waals surface area contributed by atoms with Crippen molar-refractivity contribution < 1.29 is 0 Å². The van der Waals surface area contributed by atoms with Gasteiger partial charge in [0.25, 0.3) is 0 Å². The SMILES string of the molecule is N#CS.[KH].[KH].[KH]. The summed E-state index contributed by atoms with van der Waals surface area (Å²) in [6.45, 7) is 0. The van der Waals surface area contributed by atoms with Gasteiger partial charge in [-0.15, -0.1) is 0 Å². The van der Waals surface area contributed by atoms with Crippen LogP contribution < -0.4 is 0 Å². The van der Waals surface area contributed by atoms with Crippen LogP contribution in [0.25, 0.3) is 0 Å². The normalized spacial score (nSPS) is 1.33. The first-order valence-corrected chi connectivity index (χ1v) is 0.894. The molecular weight excluding hydrogens is 175 g/mol. The minimum absolute atomic E-state index is 0. The van der Waals surface area contributed by atoms with E-state index in [2.05, 4.69) is 12.6 Å². The molecule has 0 spiro atoms. The maximum absolute atomic E-state index is 7.18. The van der Waals surface area contributed by atoms with Crippen LogP contribution in [0.15, 0.2) is 0 Å². The zero-order chi connectivity index (χ0) is 2.71. The first-order chi connectivity index (χ1) is 1.41. The van der Waals surface area contributed by atoms with E-state index in [4.69, 9.17) is 5.26 Å². The molecule has 0 aromatic carbocycles. The van der Waals surface area contributed by atoms with Gasteiger partial charge in [-0.1, -0.05) is 12.6 Å². The molecule has 5 heteroatoms. The molecule has 0 aliphatic rings. The maximum atomic E-state index is 7.18. The van der Waals surface area contributed by atoms with Gasteiger partial charge < -0.3 is 0 Å². The van der Waals surface area contributed by atoms with Crippen LogP contribution in [-0.2, 0) is 0 Å². The molecule has 0 aliphatic heterocycles. The molecule has 0 aliphatic carbocycles. The number of hydrogen-bond acceptors (Lipinski definition) is 2. The Morgan fingerprint density at radius 3 is 1.17 bits per heavy atom. The second-order valence-electron chi connectivity index (χ2n) is 0.100. The molecule has 0 amide bonds. The van der Waals surface area contributed by atoms with Crippen molar-refractivity contribution in [1.29, 1.82) is 5.26 Å². The van der Waals surface area contributed by atoms with Gasteiger partial charge in [0.2, 0.25) is 0 Å². The van der Waals surface area contributed by atoms with Crippen LogP contribution in [0.5, 0.6) is 0 Å². The van der Waals surface area contributed by atoms with E-state index in [0.717, 1.165) is 0 Å². The molecule has 0 bridgehead atoms. The zero-order valence-corrected chi connectivity index (χ0v) is 2.29. The van der Waals surface area contributed by atoms with Crippen molar-refractivity contribution in [3.63, 3.8) is 0 Å². The Morgan fingerprint density at radius 2 is 1.17 bits per heavy atom. The van der Waals surface area contributed by atoms with Crippen LogP contribution in [0, 0.1) is 10.7 Å². The van der Waals surface area contributed by atoms with Crippen LogP contribution in [0.1, 0.15) is 0 Å². The van der Waals surface area contributed by atoms with E-state index in [1.54, 1.807) is 0 Å². The summed E-state index contributed by atoms with van der Waals surface area (Å²) in [5.74, 6) is 0. The molecule has 0 saturated carbocycles. The fourth-order valence-corrected chi connectivity index (χ4v) is 0. The molecular formula is CH4K3NS. The Balaban J connectivity index is -0.00000000667. The van der Waals surface area contributed by atoms with Gasteiger partial charge in [-0.3, -0.25) is 0 Å². The molecule has 0 aromatic rings. The van der Waals surface area contributed by atoms with E-state index in [0.29, 0.717) is 0 Å². The molecule has 0 rings (SSSR count). The first-order valence-electron chi connectivity index (χ1n) is 0.447. The molecule has 0 N–H and O–H groups in total. The summed E-state index contributed by atoms with van der Waals surface area (Å²) in [7, 11) is 0. The van der Waals surface area contributed by atoms with Gasteiger partial charge in [0.1, 0.15) is 5.40 Å². The number of hydrogen-bond donors (Lipinski definition) is 1. The summed E-state index contributed by atoms with van der Waals surface area (Å²) >= 11 is 3.09. The molecule has 0 radical (unpaired) electrons. The van der Waals surface area contributed by atoms with Crippen LogP contribution in [0.2, 0.25) is 0 Å². The number of thiocyanates is 1. The third kappa shape index (κ3) is 23.3. The Bertz CT molecular complexity index is 32.3. The predicted molar refractivity (Wildman–Crippen MR) is 36.0 cm³/mol. The van der Waals surface area contributed by atoms with E-state index in [1.807, 2.05) is 0 Å². The number of nitrogens with zero attached hydrogens (tertiary/aromatic N) is 1. The quantitative estimate of drug-likeness (QED) is 0.272. The molecule has 0 fully saturated rings. The second kappa shape index (κ2) is 22.6. The molecule has 0 atom stereocenters. The third-order valence-corrected chi connectivity index (χ3v) is 0. The van der Waals surface area contributed by atoms with Crippen LogP contribution >= 0.6 is 12.6 Å². The first kappa shape index (κ1) is 22.4. The van der Waals surface area contributed by atoms with Crippen molar-refractivity contribution >= 4 is 167 Å². The molecule has 6 heavy (non-hydrogen) atoms. The van der Waals surface area contributed by atoms with E-state index in [9.17, 15) is 0 Å². The molecule has 0 aromatic heterocycles. The van der Waals surface area contributed by atoms with E-state index < -0.39 is 0 Å². The van der Waals surface area contributed by atoms with Gasteiger partial charge in [0, 0.05) is 0 Å². The van der Waals surface area contributed by atoms with Gasteiger partial charge in [-0.25, -0.2) is 0 Å². The van der Waals surface area contributed by atoms with E-state index >= 15 is 0 Å². The predicted octanol–water partition coefficient (Wildman–Crippen LogP) is -1.55. The Hall–Kier alpha value is 4.75. The van der Waals surface area contributed by atoms with Crippen molar-refractivity contribution in [3.8, 4) is 5.40 Å². The topological polar surface area (TPSA) is 23.8 Å². The van der Waals surface area contributed by atoms with Gasteiger partial charge in [0.05, 0.1) is 0 Å². The summed E-state index contributed by atoms with van der Waals surface area (Å²) in [6, 6.07) is 0. The van der Waals surface area contributed by atoms with Crippen LogP contribution in [0.3, 0.4) is 0 Å². The average Bonchev–Trinajstić information content (AvgIpc) is 0.918. The Morgan fingerprint density at radius 1 is 1.17 bits per heavy atom. The second-order valence-corrected chi connectivity index (χ2v) is 0.300. The van der Waals surface area contributed by atoms with E-state index in [-0.39, 0.29) is 154 Å². The van der Waals surface area contributed by atoms with Crippen molar-refractivity contribution in [2.24, 2.45) is 0 Å². The average molecular weight is 179 g/mol. The fraction of sp³-hybridized carbons (Fsp3) is 0. The fourth-order valence-electron chi connectivity index (χ4n) is 0. The Kier molecular flexibility index (Phi) is 84.4. The molecule has 1 nitrogen and oxygen atoms in total. The van der Waals surface area contributed by atoms with Gasteiger partial charge >= 0.3 is 154 Å². The van der Waals surface area contributed by atoms with Gasteiger partial charge in [-0.2, -0.15) is 5.26 Å². The Labute approximate surface area is 171 Å². The summed E-state index contributed by atoms with van der Waals surface area (Å²) in [6.07, 6.45) is 0. The number of thiol groups is 1. The molecule has 0 unspecified atom stereocenters. The minimum atomic E-state index is 0. The van der Waals surface area contributed by atoms with Crippen molar-refractivity contribution in [1.82, 2.24) is 0 Å². The van der Waals surface area contributed by atoms with Crippen LogP contribution in [-0.4, -0.2) is 154 Å².